The Labute approximate surface area is 245 Å². The van der Waals surface area contributed by atoms with E-state index in [9.17, 15) is 19.5 Å². The molecule has 2 aromatic heterocycles. The number of fused-ring (bicyclic) bond motifs is 1. The highest BCUT2D eigenvalue weighted by Gasteiger charge is 2.57. The lowest BCUT2D eigenvalue weighted by Crippen LogP contribution is -2.74. The van der Waals surface area contributed by atoms with Gasteiger partial charge in [0.05, 0.1) is 0 Å². The standard InChI is InChI=1S/C24H23N7O5S4/c25-22-27-15(9-37-22)16(30-36-8-4-7-14-5-2-1-3-6-14)18(32)28-17-19(33)31-10-24(21(34)35,11-38-20(17)31)12-39-23-29-26-13-40-23/h1-7,9,13,17,20H,8,10-12H2,(H2,25,27)(H,28,32)(H,34,35)/t17?,20-,24?/m1/s1. The molecular formula is C24H23N7O5S4. The Morgan fingerprint density at radius 1 is 1.32 bits per heavy atom. The van der Waals surface area contributed by atoms with Crippen molar-refractivity contribution in [3.05, 3.63) is 58.6 Å². The minimum Gasteiger partial charge on any atom is -0.481 e. The number of carbonyl (C=O) groups is 3. The number of thiazole rings is 1. The topological polar surface area (TPSA) is 173 Å². The van der Waals surface area contributed by atoms with Gasteiger partial charge in [-0.15, -0.1) is 33.3 Å². The highest BCUT2D eigenvalue weighted by atomic mass is 32.2. The SMILES string of the molecule is Nc1nc(C(=NOCC=Cc2ccccc2)C(=O)NC2C(=O)N3CC(CSc4nncs4)(C(=O)O)CS[C@H]23)cs1. The van der Waals surface area contributed by atoms with E-state index in [1.165, 1.54) is 39.8 Å². The molecule has 3 aromatic rings. The van der Waals surface area contributed by atoms with Crippen molar-refractivity contribution in [2.45, 2.75) is 15.8 Å². The van der Waals surface area contributed by atoms with Crippen LogP contribution in [0.15, 0.2) is 56.8 Å². The molecule has 2 aliphatic heterocycles. The van der Waals surface area contributed by atoms with E-state index in [0.717, 1.165) is 16.9 Å². The van der Waals surface area contributed by atoms with Gasteiger partial charge in [0.2, 0.25) is 5.91 Å². The fraction of sp³-hybridized carbons (Fsp3) is 0.292. The van der Waals surface area contributed by atoms with E-state index in [0.29, 0.717) is 4.34 Å². The zero-order chi connectivity index (χ0) is 28.1. The van der Waals surface area contributed by atoms with E-state index in [1.54, 1.807) is 17.0 Å². The molecule has 2 saturated heterocycles. The molecule has 3 atom stereocenters. The average molecular weight is 618 g/mol. The molecule has 2 unspecified atom stereocenters. The minimum absolute atomic E-state index is 0.0391. The lowest BCUT2D eigenvalue weighted by Gasteiger charge is -2.53. The van der Waals surface area contributed by atoms with Gasteiger partial charge in [0.1, 0.15) is 34.6 Å². The first-order valence-corrected chi connectivity index (χ1v) is 15.6. The highest BCUT2D eigenvalue weighted by molar-refractivity contribution is 8.01. The van der Waals surface area contributed by atoms with Crippen LogP contribution in [0.5, 0.6) is 0 Å². The second-order valence-electron chi connectivity index (χ2n) is 8.82. The van der Waals surface area contributed by atoms with Crippen molar-refractivity contribution < 1.29 is 24.3 Å². The fourth-order valence-electron chi connectivity index (χ4n) is 4.04. The quantitative estimate of drug-likeness (QED) is 0.0947. The summed E-state index contributed by atoms with van der Waals surface area (Å²) in [6.45, 7) is 0.143. The molecule has 208 valence electrons. The Balaban J connectivity index is 1.22. The molecule has 0 aliphatic carbocycles. The molecule has 2 aliphatic rings. The van der Waals surface area contributed by atoms with Gasteiger partial charge in [0, 0.05) is 23.4 Å². The van der Waals surface area contributed by atoms with Crippen molar-refractivity contribution in [3.8, 4) is 0 Å². The van der Waals surface area contributed by atoms with E-state index in [-0.39, 0.29) is 47.1 Å². The first kappa shape index (κ1) is 28.1. The molecular weight excluding hydrogens is 595 g/mol. The van der Waals surface area contributed by atoms with Gasteiger partial charge in [-0.25, -0.2) is 4.98 Å². The van der Waals surface area contributed by atoms with Crippen molar-refractivity contribution in [1.29, 1.82) is 0 Å². The maximum Gasteiger partial charge on any atom is 0.313 e. The van der Waals surface area contributed by atoms with Gasteiger partial charge in [-0.2, -0.15) is 0 Å². The lowest BCUT2D eigenvalue weighted by atomic mass is 9.89. The van der Waals surface area contributed by atoms with Crippen LogP contribution in [-0.2, 0) is 19.2 Å². The number of nitrogens with two attached hydrogens (primary N) is 1. The molecule has 5 rings (SSSR count). The summed E-state index contributed by atoms with van der Waals surface area (Å²) in [5, 5.41) is 25.9. The Bertz CT molecular complexity index is 1430. The van der Waals surface area contributed by atoms with Gasteiger partial charge in [-0.05, 0) is 11.6 Å². The smallest absolute Gasteiger partial charge is 0.313 e. The maximum absolute atomic E-state index is 13.2. The van der Waals surface area contributed by atoms with Crippen LogP contribution in [0, 0.1) is 5.41 Å². The number of nitrogens with zero attached hydrogens (tertiary/aromatic N) is 5. The van der Waals surface area contributed by atoms with E-state index in [1.807, 2.05) is 36.4 Å². The number of oxime groups is 1. The molecule has 2 fully saturated rings. The van der Waals surface area contributed by atoms with Gasteiger partial charge in [0.25, 0.3) is 5.91 Å². The van der Waals surface area contributed by atoms with Gasteiger partial charge < -0.3 is 25.9 Å². The number of nitrogens with one attached hydrogen (secondary N) is 1. The summed E-state index contributed by atoms with van der Waals surface area (Å²) in [5.74, 6) is -1.46. The number of thioether (sulfide) groups is 2. The van der Waals surface area contributed by atoms with Crippen molar-refractivity contribution in [2.24, 2.45) is 10.6 Å². The number of rotatable bonds is 11. The Kier molecular flexibility index (Phi) is 8.68. The summed E-state index contributed by atoms with van der Waals surface area (Å²) in [4.78, 5) is 49.5. The van der Waals surface area contributed by atoms with Crippen LogP contribution in [0.2, 0.25) is 0 Å². The zero-order valence-electron chi connectivity index (χ0n) is 20.7. The number of nitrogen functional groups attached to an aromatic ring is 1. The van der Waals surface area contributed by atoms with Crippen LogP contribution >= 0.6 is 46.2 Å². The number of carboxylic acids is 1. The lowest BCUT2D eigenvalue weighted by molar-refractivity contribution is -0.157. The minimum atomic E-state index is -1.14. The molecule has 0 saturated carbocycles. The van der Waals surface area contributed by atoms with E-state index in [2.05, 4.69) is 25.7 Å². The van der Waals surface area contributed by atoms with E-state index < -0.39 is 28.7 Å². The van der Waals surface area contributed by atoms with E-state index >= 15 is 0 Å². The monoisotopic (exact) mass is 617 g/mol. The zero-order valence-corrected chi connectivity index (χ0v) is 24.0. The maximum atomic E-state index is 13.2. The number of carbonyl (C=O) groups excluding carboxylic acids is 2. The van der Waals surface area contributed by atoms with Crippen LogP contribution in [0.4, 0.5) is 5.13 Å². The van der Waals surface area contributed by atoms with Crippen LogP contribution in [-0.4, -0.2) is 84.8 Å². The summed E-state index contributed by atoms with van der Waals surface area (Å²) in [5.41, 5.74) is 7.30. The predicted octanol–water partition coefficient (Wildman–Crippen LogP) is 2.27. The highest BCUT2D eigenvalue weighted by Crippen LogP contribution is 2.44. The van der Waals surface area contributed by atoms with Crippen molar-refractivity contribution in [3.63, 3.8) is 0 Å². The average Bonchev–Trinajstić information content (AvgIpc) is 3.64. The molecule has 4 N–H and O–H groups in total. The second kappa shape index (κ2) is 12.4. The first-order chi connectivity index (χ1) is 19.4. The third-order valence-corrected chi connectivity index (χ3v) is 10.5. The Morgan fingerprint density at radius 3 is 2.85 bits per heavy atom. The van der Waals surface area contributed by atoms with Crippen LogP contribution in [0.3, 0.4) is 0 Å². The van der Waals surface area contributed by atoms with Gasteiger partial charge >= 0.3 is 5.97 Å². The largest absolute Gasteiger partial charge is 0.481 e. The molecule has 1 aromatic carbocycles. The fourth-order valence-corrected chi connectivity index (χ4v) is 7.93. The van der Waals surface area contributed by atoms with Crippen LogP contribution in [0.1, 0.15) is 11.3 Å². The number of aliphatic carboxylic acids is 1. The molecule has 40 heavy (non-hydrogen) atoms. The third kappa shape index (κ3) is 6.14. The van der Waals surface area contributed by atoms with Gasteiger partial charge in [-0.1, -0.05) is 64.7 Å². The number of amides is 2. The molecule has 4 heterocycles. The van der Waals surface area contributed by atoms with Crippen molar-refractivity contribution in [1.82, 2.24) is 25.4 Å². The molecule has 0 radical (unpaired) electrons. The van der Waals surface area contributed by atoms with Crippen molar-refractivity contribution >= 4 is 80.9 Å². The normalized spacial score (nSPS) is 22.6. The summed E-state index contributed by atoms with van der Waals surface area (Å²) in [6.07, 6.45) is 3.62. The number of aromatic nitrogens is 3. The number of hydrogen-bond acceptors (Lipinski definition) is 13. The van der Waals surface area contributed by atoms with Gasteiger partial charge in [0.15, 0.2) is 15.2 Å². The molecule has 0 bridgehead atoms. The molecule has 0 spiro atoms. The number of carboxylic acid groups (broad SMARTS) is 1. The molecule has 16 heteroatoms. The number of hydrogen-bond donors (Lipinski definition) is 3. The van der Waals surface area contributed by atoms with Crippen LogP contribution in [0.25, 0.3) is 6.08 Å². The van der Waals surface area contributed by atoms with Gasteiger partial charge in [-0.3, -0.25) is 14.4 Å². The summed E-state index contributed by atoms with van der Waals surface area (Å²) < 4.78 is 0.667. The third-order valence-electron chi connectivity index (χ3n) is 6.11. The predicted molar refractivity (Wildman–Crippen MR) is 155 cm³/mol. The summed E-state index contributed by atoms with van der Waals surface area (Å²) in [7, 11) is 0. The Hall–Kier alpha value is -3.47. The molecule has 12 nitrogen and oxygen atoms in total. The first-order valence-electron chi connectivity index (χ1n) is 11.8. The number of anilines is 1. The number of β-lactam (4-membered cyclic amide) rings is 1. The van der Waals surface area contributed by atoms with E-state index in [4.69, 9.17) is 10.6 Å². The second-order valence-corrected chi connectivity index (χ2v) is 12.9. The Morgan fingerprint density at radius 2 is 2.15 bits per heavy atom. The van der Waals surface area contributed by atoms with Crippen LogP contribution < -0.4 is 11.1 Å². The number of benzene rings is 1. The molecule has 2 amide bonds. The summed E-state index contributed by atoms with van der Waals surface area (Å²) in [6, 6.07) is 8.81. The van der Waals surface area contributed by atoms with Crippen molar-refractivity contribution in [2.75, 3.05) is 30.4 Å². The summed E-state index contributed by atoms with van der Waals surface area (Å²) >= 11 is 5.11.